The monoisotopic (exact) mass is 303 g/mol. The van der Waals surface area contributed by atoms with Crippen LogP contribution in [-0.2, 0) is 11.2 Å². The van der Waals surface area contributed by atoms with Crippen LogP contribution >= 0.6 is 0 Å². The van der Waals surface area contributed by atoms with E-state index in [1.54, 1.807) is 12.1 Å². The Morgan fingerprint density at radius 3 is 2.48 bits per heavy atom. The van der Waals surface area contributed by atoms with Crippen LogP contribution in [0, 0.1) is 0 Å². The fourth-order valence-corrected chi connectivity index (χ4v) is 3.70. The van der Waals surface area contributed by atoms with Gasteiger partial charge in [-0.15, -0.1) is 0 Å². The molecule has 0 aliphatic heterocycles. The fourth-order valence-electron chi connectivity index (χ4n) is 3.70. The van der Waals surface area contributed by atoms with Gasteiger partial charge >= 0.3 is 0 Å². The number of allylic oxidation sites excluding steroid dienone is 1. The second kappa shape index (κ2) is 5.20. The molecule has 3 nitrogen and oxygen atoms in total. The molecule has 0 amide bonds. The van der Waals surface area contributed by atoms with Gasteiger partial charge in [-0.05, 0) is 24.0 Å². The van der Waals surface area contributed by atoms with Crippen molar-refractivity contribution in [2.75, 3.05) is 7.05 Å². The van der Waals surface area contributed by atoms with Gasteiger partial charge in [-0.25, -0.2) is 0 Å². The number of Topliss-reactive ketones (excluding diaryl/α,β-unsaturated/α-hetero) is 1. The van der Waals surface area contributed by atoms with Crippen molar-refractivity contribution in [1.29, 1.82) is 0 Å². The van der Waals surface area contributed by atoms with Crippen LogP contribution in [-0.4, -0.2) is 23.5 Å². The van der Waals surface area contributed by atoms with E-state index in [0.29, 0.717) is 5.56 Å². The predicted molar refractivity (Wildman–Crippen MR) is 89.0 cm³/mol. The Labute approximate surface area is 135 Å². The molecule has 0 saturated carbocycles. The number of hydrogen-bond acceptors (Lipinski definition) is 3. The lowest BCUT2D eigenvalue weighted by molar-refractivity contribution is -0.111. The summed E-state index contributed by atoms with van der Waals surface area (Å²) in [5.41, 5.74) is 4.89. The molecular weight excluding hydrogens is 286 g/mol. The first-order valence-corrected chi connectivity index (χ1v) is 7.87. The standard InChI is InChI=1S/C20H17NO2/c1-21(17-11-10-13-6-2-3-7-14(13)17)18-12-19(22)20(23)16-9-5-4-8-15(16)18/h2-9,12,17H,10-11H2,1H3. The van der Waals surface area contributed by atoms with Crippen LogP contribution in [0.2, 0.25) is 0 Å². The summed E-state index contributed by atoms with van der Waals surface area (Å²) in [4.78, 5) is 26.3. The highest BCUT2D eigenvalue weighted by Gasteiger charge is 2.32. The first-order valence-electron chi connectivity index (χ1n) is 7.87. The molecule has 23 heavy (non-hydrogen) atoms. The number of aryl methyl sites for hydroxylation is 1. The lowest BCUT2D eigenvalue weighted by Crippen LogP contribution is -2.28. The van der Waals surface area contributed by atoms with Gasteiger partial charge in [0.1, 0.15) is 0 Å². The van der Waals surface area contributed by atoms with Crippen LogP contribution in [0.15, 0.2) is 54.6 Å². The molecule has 114 valence electrons. The summed E-state index contributed by atoms with van der Waals surface area (Å²) in [6.07, 6.45) is 3.57. The third kappa shape index (κ3) is 2.12. The number of hydrogen-bond donors (Lipinski definition) is 0. The molecule has 0 heterocycles. The molecule has 1 atom stereocenters. The first kappa shape index (κ1) is 13.9. The number of fused-ring (bicyclic) bond motifs is 2. The van der Waals surface area contributed by atoms with E-state index in [9.17, 15) is 9.59 Å². The first-order chi connectivity index (χ1) is 11.2. The van der Waals surface area contributed by atoms with Crippen molar-refractivity contribution in [3.63, 3.8) is 0 Å². The minimum Gasteiger partial charge on any atom is -0.367 e. The number of carbonyl (C=O) groups excluding carboxylic acids is 2. The molecular formula is C20H17NO2. The summed E-state index contributed by atoms with van der Waals surface area (Å²) < 4.78 is 0. The predicted octanol–water partition coefficient (Wildman–Crippen LogP) is 3.41. The van der Waals surface area contributed by atoms with E-state index in [1.807, 2.05) is 19.2 Å². The molecule has 0 aromatic heterocycles. The van der Waals surface area contributed by atoms with Gasteiger partial charge < -0.3 is 4.90 Å². The van der Waals surface area contributed by atoms with Crippen LogP contribution in [0.4, 0.5) is 0 Å². The van der Waals surface area contributed by atoms with Crippen molar-refractivity contribution in [3.05, 3.63) is 76.9 Å². The van der Waals surface area contributed by atoms with E-state index in [0.717, 1.165) is 24.1 Å². The van der Waals surface area contributed by atoms with E-state index >= 15 is 0 Å². The zero-order chi connectivity index (χ0) is 16.0. The largest absolute Gasteiger partial charge is 0.367 e. The molecule has 0 spiro atoms. The minimum absolute atomic E-state index is 0.242. The van der Waals surface area contributed by atoms with Crippen molar-refractivity contribution < 1.29 is 9.59 Å². The number of carbonyl (C=O) groups is 2. The van der Waals surface area contributed by atoms with Gasteiger partial charge in [0.25, 0.3) is 0 Å². The van der Waals surface area contributed by atoms with Gasteiger partial charge in [0.15, 0.2) is 0 Å². The average Bonchev–Trinajstić information content (AvgIpc) is 3.01. The van der Waals surface area contributed by atoms with Gasteiger partial charge in [0, 0.05) is 29.9 Å². The van der Waals surface area contributed by atoms with E-state index in [1.165, 1.54) is 17.2 Å². The molecule has 0 fully saturated rings. The van der Waals surface area contributed by atoms with E-state index in [4.69, 9.17) is 0 Å². The van der Waals surface area contributed by atoms with Gasteiger partial charge in [0.05, 0.1) is 6.04 Å². The summed E-state index contributed by atoms with van der Waals surface area (Å²) in [5.74, 6) is -0.846. The lowest BCUT2D eigenvalue weighted by Gasteiger charge is -2.32. The van der Waals surface area contributed by atoms with Crippen molar-refractivity contribution in [3.8, 4) is 0 Å². The molecule has 1 unspecified atom stereocenters. The van der Waals surface area contributed by atoms with Gasteiger partial charge in [-0.3, -0.25) is 9.59 Å². The Morgan fingerprint density at radius 2 is 1.65 bits per heavy atom. The molecule has 4 rings (SSSR count). The van der Waals surface area contributed by atoms with E-state index < -0.39 is 11.6 Å². The van der Waals surface area contributed by atoms with Crippen molar-refractivity contribution >= 4 is 17.3 Å². The highest BCUT2D eigenvalue weighted by Crippen LogP contribution is 2.40. The summed E-state index contributed by atoms with van der Waals surface area (Å²) in [6.45, 7) is 0. The Bertz CT molecular complexity index is 850. The highest BCUT2D eigenvalue weighted by atomic mass is 16.2. The Hall–Kier alpha value is -2.68. The molecule has 2 aromatic rings. The SMILES string of the molecule is CN(C1=CC(=O)C(=O)c2ccccc21)C1CCc2ccccc21. The summed E-state index contributed by atoms with van der Waals surface area (Å²) in [7, 11) is 2.01. The van der Waals surface area contributed by atoms with Crippen molar-refractivity contribution in [1.82, 2.24) is 4.90 Å². The second-order valence-electron chi connectivity index (χ2n) is 6.13. The van der Waals surface area contributed by atoms with Crippen LogP contribution in [0.1, 0.15) is 39.5 Å². The summed E-state index contributed by atoms with van der Waals surface area (Å²) in [5, 5.41) is 0. The van der Waals surface area contributed by atoms with Crippen LogP contribution in [0.3, 0.4) is 0 Å². The van der Waals surface area contributed by atoms with Gasteiger partial charge in [-0.2, -0.15) is 0 Å². The number of ketones is 2. The molecule has 2 aliphatic carbocycles. The molecule has 0 bridgehead atoms. The molecule has 0 radical (unpaired) electrons. The summed E-state index contributed by atoms with van der Waals surface area (Å²) in [6, 6.07) is 16.1. The Morgan fingerprint density at radius 1 is 0.957 bits per heavy atom. The maximum atomic E-state index is 12.1. The van der Waals surface area contributed by atoms with Crippen LogP contribution < -0.4 is 0 Å². The van der Waals surface area contributed by atoms with Crippen molar-refractivity contribution in [2.45, 2.75) is 18.9 Å². The lowest BCUT2D eigenvalue weighted by atomic mass is 9.91. The zero-order valence-electron chi connectivity index (χ0n) is 13.0. The second-order valence-corrected chi connectivity index (χ2v) is 6.13. The average molecular weight is 303 g/mol. The maximum Gasteiger partial charge on any atom is 0.233 e. The van der Waals surface area contributed by atoms with Crippen LogP contribution in [0.25, 0.3) is 5.70 Å². The van der Waals surface area contributed by atoms with Crippen LogP contribution in [0.5, 0.6) is 0 Å². The molecule has 3 heteroatoms. The molecule has 2 aromatic carbocycles. The number of rotatable bonds is 2. The summed E-state index contributed by atoms with van der Waals surface area (Å²) >= 11 is 0. The zero-order valence-corrected chi connectivity index (χ0v) is 13.0. The Balaban J connectivity index is 1.78. The number of benzene rings is 2. The third-order valence-corrected chi connectivity index (χ3v) is 4.89. The number of nitrogens with zero attached hydrogens (tertiary/aromatic N) is 1. The quantitative estimate of drug-likeness (QED) is 0.798. The highest BCUT2D eigenvalue weighted by molar-refractivity contribution is 6.50. The van der Waals surface area contributed by atoms with Gasteiger partial charge in [-0.1, -0.05) is 48.5 Å². The maximum absolute atomic E-state index is 12.1. The topological polar surface area (TPSA) is 37.4 Å². The molecule has 0 N–H and O–H groups in total. The third-order valence-electron chi connectivity index (χ3n) is 4.89. The smallest absolute Gasteiger partial charge is 0.233 e. The van der Waals surface area contributed by atoms with E-state index in [2.05, 4.69) is 29.2 Å². The fraction of sp³-hybridized carbons (Fsp3) is 0.200. The molecule has 0 saturated heterocycles. The molecule has 2 aliphatic rings. The Kier molecular flexibility index (Phi) is 3.15. The minimum atomic E-state index is -0.433. The van der Waals surface area contributed by atoms with Crippen molar-refractivity contribution in [2.24, 2.45) is 0 Å². The normalized spacial score (nSPS) is 19.2. The van der Waals surface area contributed by atoms with E-state index in [-0.39, 0.29) is 6.04 Å². The van der Waals surface area contributed by atoms with Gasteiger partial charge in [0.2, 0.25) is 11.6 Å².